The Bertz CT molecular complexity index is 691. The molecule has 0 aromatic heterocycles. The first-order chi connectivity index (χ1) is 10.9. The summed E-state index contributed by atoms with van der Waals surface area (Å²) in [5, 5.41) is 0. The van der Waals surface area contributed by atoms with Gasteiger partial charge < -0.3 is 9.64 Å². The molecular formula is C17H28N2O4S. The van der Waals surface area contributed by atoms with E-state index in [1.54, 1.807) is 38.8 Å². The topological polar surface area (TPSA) is 75.7 Å². The van der Waals surface area contributed by atoms with Gasteiger partial charge >= 0.3 is 0 Å². The van der Waals surface area contributed by atoms with Gasteiger partial charge in [-0.25, -0.2) is 13.1 Å². The Morgan fingerprint density at radius 3 is 2.33 bits per heavy atom. The van der Waals surface area contributed by atoms with Crippen LogP contribution in [0.4, 0.5) is 0 Å². The van der Waals surface area contributed by atoms with E-state index in [9.17, 15) is 13.2 Å². The van der Waals surface area contributed by atoms with Gasteiger partial charge in [0.15, 0.2) is 0 Å². The molecule has 0 aliphatic rings. The molecule has 0 aliphatic carbocycles. The fourth-order valence-corrected chi connectivity index (χ4v) is 3.94. The average Bonchev–Trinajstić information content (AvgIpc) is 2.42. The van der Waals surface area contributed by atoms with Crippen molar-refractivity contribution in [2.75, 3.05) is 20.7 Å². The predicted octanol–water partition coefficient (Wildman–Crippen LogP) is 2.50. The van der Waals surface area contributed by atoms with Crippen LogP contribution in [0.3, 0.4) is 0 Å². The predicted molar refractivity (Wildman–Crippen MR) is 94.9 cm³/mol. The minimum atomic E-state index is -3.81. The van der Waals surface area contributed by atoms with Crippen LogP contribution >= 0.6 is 0 Å². The van der Waals surface area contributed by atoms with Crippen LogP contribution in [0.5, 0.6) is 5.75 Å². The van der Waals surface area contributed by atoms with E-state index in [0.717, 1.165) is 0 Å². The second-order valence-electron chi connectivity index (χ2n) is 7.30. The molecule has 0 saturated heterocycles. The lowest BCUT2D eigenvalue weighted by Gasteiger charge is -2.22. The van der Waals surface area contributed by atoms with Gasteiger partial charge in [-0.3, -0.25) is 4.79 Å². The number of benzene rings is 1. The zero-order valence-electron chi connectivity index (χ0n) is 15.5. The van der Waals surface area contributed by atoms with Crippen molar-refractivity contribution in [3.8, 4) is 5.75 Å². The van der Waals surface area contributed by atoms with Crippen molar-refractivity contribution in [2.24, 2.45) is 5.92 Å². The Morgan fingerprint density at radius 1 is 1.29 bits per heavy atom. The Morgan fingerprint density at radius 2 is 1.88 bits per heavy atom. The summed E-state index contributed by atoms with van der Waals surface area (Å²) in [6, 6.07) is 4.45. The molecule has 0 bridgehead atoms. The highest BCUT2D eigenvalue weighted by Crippen LogP contribution is 2.26. The summed E-state index contributed by atoms with van der Waals surface area (Å²) in [6.07, 6.45) is 0. The zero-order chi connectivity index (χ0) is 18.7. The number of carbonyl (C=O) groups excluding carboxylic acids is 1. The third kappa shape index (κ3) is 5.49. The van der Waals surface area contributed by atoms with E-state index >= 15 is 0 Å². The van der Waals surface area contributed by atoms with E-state index < -0.39 is 15.6 Å². The molecule has 136 valence electrons. The first-order valence-electron chi connectivity index (χ1n) is 7.85. The molecule has 24 heavy (non-hydrogen) atoms. The van der Waals surface area contributed by atoms with Gasteiger partial charge in [-0.15, -0.1) is 0 Å². The van der Waals surface area contributed by atoms with E-state index in [0.29, 0.717) is 18.0 Å². The smallest absolute Gasteiger partial charge is 0.253 e. The van der Waals surface area contributed by atoms with Crippen LogP contribution in [0, 0.1) is 5.92 Å². The Kier molecular flexibility index (Phi) is 6.41. The van der Waals surface area contributed by atoms with Gasteiger partial charge in [-0.1, -0.05) is 13.8 Å². The fourth-order valence-electron chi connectivity index (χ4n) is 2.33. The molecular weight excluding hydrogens is 328 g/mol. The van der Waals surface area contributed by atoms with Crippen molar-refractivity contribution < 1.29 is 17.9 Å². The van der Waals surface area contributed by atoms with E-state index in [4.69, 9.17) is 4.74 Å². The number of hydrogen-bond acceptors (Lipinski definition) is 4. The van der Waals surface area contributed by atoms with Crippen molar-refractivity contribution in [3.05, 3.63) is 23.8 Å². The summed E-state index contributed by atoms with van der Waals surface area (Å²) in [5.41, 5.74) is -0.327. The maximum atomic E-state index is 12.6. The average molecular weight is 356 g/mol. The molecule has 1 aromatic carbocycles. The highest BCUT2D eigenvalue weighted by molar-refractivity contribution is 7.89. The van der Waals surface area contributed by atoms with Gasteiger partial charge in [0.2, 0.25) is 10.0 Å². The van der Waals surface area contributed by atoms with Crippen molar-refractivity contribution >= 4 is 15.9 Å². The van der Waals surface area contributed by atoms with Gasteiger partial charge in [-0.2, -0.15) is 0 Å². The quantitative estimate of drug-likeness (QED) is 0.850. The summed E-state index contributed by atoms with van der Waals surface area (Å²) in [4.78, 5) is 14.1. The van der Waals surface area contributed by atoms with Crippen molar-refractivity contribution in [1.29, 1.82) is 0 Å². The number of nitrogens with one attached hydrogen (secondary N) is 1. The molecule has 1 aromatic rings. The summed E-state index contributed by atoms with van der Waals surface area (Å²) in [5.74, 6) is 0.302. The van der Waals surface area contributed by atoms with E-state index in [1.165, 1.54) is 19.2 Å². The molecule has 0 aliphatic heterocycles. The third-order valence-corrected chi connectivity index (χ3v) is 4.91. The summed E-state index contributed by atoms with van der Waals surface area (Å²) < 4.78 is 33.0. The number of sulfonamides is 1. The van der Waals surface area contributed by atoms with Crippen LogP contribution < -0.4 is 9.46 Å². The number of methoxy groups -OCH3 is 1. The molecule has 1 rings (SSSR count). The van der Waals surface area contributed by atoms with Gasteiger partial charge in [-0.05, 0) is 44.9 Å². The van der Waals surface area contributed by atoms with Gasteiger partial charge in [0, 0.05) is 24.7 Å². The first kappa shape index (κ1) is 20.4. The summed E-state index contributed by atoms with van der Waals surface area (Å²) in [7, 11) is -0.708. The van der Waals surface area contributed by atoms with Gasteiger partial charge in [0.05, 0.1) is 7.11 Å². The molecule has 1 N–H and O–H groups in total. The molecule has 7 heteroatoms. The largest absolute Gasteiger partial charge is 0.495 e. The standard InChI is InChI=1S/C17H28N2O4S/c1-12(2)11-19(6)16(20)13-8-9-14(23-7)15(10-13)24(21,22)18-17(3,4)5/h8-10,12,18H,11H2,1-7H3. The molecule has 0 fully saturated rings. The van der Waals surface area contributed by atoms with Gasteiger partial charge in [0.1, 0.15) is 10.6 Å². The highest BCUT2D eigenvalue weighted by Gasteiger charge is 2.27. The number of rotatable bonds is 6. The normalized spacial score (nSPS) is 12.3. The fraction of sp³-hybridized carbons (Fsp3) is 0.588. The summed E-state index contributed by atoms with van der Waals surface area (Å²) >= 11 is 0. The first-order valence-corrected chi connectivity index (χ1v) is 9.33. The molecule has 6 nitrogen and oxygen atoms in total. The molecule has 0 heterocycles. The molecule has 0 atom stereocenters. The SMILES string of the molecule is COc1ccc(C(=O)N(C)CC(C)C)cc1S(=O)(=O)NC(C)(C)C. The van der Waals surface area contributed by atoms with Crippen LogP contribution in [0.15, 0.2) is 23.1 Å². The number of carbonyl (C=O) groups is 1. The monoisotopic (exact) mass is 356 g/mol. The van der Waals surface area contributed by atoms with E-state index in [2.05, 4.69) is 4.72 Å². The number of hydrogen-bond donors (Lipinski definition) is 1. The Hall–Kier alpha value is -1.60. The highest BCUT2D eigenvalue weighted by atomic mass is 32.2. The van der Waals surface area contributed by atoms with Crippen LogP contribution in [-0.2, 0) is 10.0 Å². The Labute approximate surface area is 145 Å². The number of amides is 1. The molecule has 1 amide bonds. The molecule has 0 spiro atoms. The second kappa shape index (κ2) is 7.53. The van der Waals surface area contributed by atoms with E-state index in [-0.39, 0.29) is 16.6 Å². The number of nitrogens with zero attached hydrogens (tertiary/aromatic N) is 1. The van der Waals surface area contributed by atoms with Crippen LogP contribution in [-0.4, -0.2) is 45.5 Å². The minimum absolute atomic E-state index is 0.0382. The zero-order valence-corrected chi connectivity index (χ0v) is 16.3. The lowest BCUT2D eigenvalue weighted by Crippen LogP contribution is -2.40. The van der Waals surface area contributed by atoms with E-state index in [1.807, 2.05) is 13.8 Å². The maximum Gasteiger partial charge on any atom is 0.253 e. The number of ether oxygens (including phenoxy) is 1. The summed E-state index contributed by atoms with van der Waals surface area (Å²) in [6.45, 7) is 9.88. The van der Waals surface area contributed by atoms with Crippen LogP contribution in [0.1, 0.15) is 45.0 Å². The molecule has 0 saturated carbocycles. The minimum Gasteiger partial charge on any atom is -0.495 e. The molecule has 0 unspecified atom stereocenters. The third-order valence-electron chi connectivity index (χ3n) is 3.13. The van der Waals surface area contributed by atoms with Crippen molar-refractivity contribution in [3.63, 3.8) is 0 Å². The Balaban J connectivity index is 3.29. The lowest BCUT2D eigenvalue weighted by molar-refractivity contribution is 0.0779. The molecule has 0 radical (unpaired) electrons. The second-order valence-corrected chi connectivity index (χ2v) is 8.95. The van der Waals surface area contributed by atoms with Crippen LogP contribution in [0.25, 0.3) is 0 Å². The van der Waals surface area contributed by atoms with Crippen LogP contribution in [0.2, 0.25) is 0 Å². The maximum absolute atomic E-state index is 12.6. The lowest BCUT2D eigenvalue weighted by atomic mass is 10.1. The van der Waals surface area contributed by atoms with Crippen molar-refractivity contribution in [2.45, 2.75) is 45.1 Å². The van der Waals surface area contributed by atoms with Crippen molar-refractivity contribution in [1.82, 2.24) is 9.62 Å². The van der Waals surface area contributed by atoms with Gasteiger partial charge in [0.25, 0.3) is 5.91 Å².